The summed E-state index contributed by atoms with van der Waals surface area (Å²) in [5.74, 6) is 1.08. The minimum Gasteiger partial charge on any atom is -0.425 e. The Morgan fingerprint density at radius 2 is 1.95 bits per heavy atom. The van der Waals surface area contributed by atoms with Gasteiger partial charge in [0.2, 0.25) is 0 Å². The van der Waals surface area contributed by atoms with Gasteiger partial charge in [-0.3, -0.25) is 4.79 Å². The van der Waals surface area contributed by atoms with Crippen molar-refractivity contribution in [1.29, 1.82) is 0 Å². The van der Waals surface area contributed by atoms with Crippen molar-refractivity contribution < 1.29 is 9.53 Å². The number of halogens is 1. The summed E-state index contributed by atoms with van der Waals surface area (Å²) < 4.78 is 5.65. The predicted molar refractivity (Wildman–Crippen MR) is 80.0 cm³/mol. The quantitative estimate of drug-likeness (QED) is 0.751. The molecule has 0 spiro atoms. The third kappa shape index (κ3) is 2.18. The Morgan fingerprint density at radius 1 is 1.25 bits per heavy atom. The molecule has 0 saturated carbocycles. The fourth-order valence-corrected chi connectivity index (χ4v) is 3.26. The Labute approximate surface area is 124 Å². The largest absolute Gasteiger partial charge is 0.425 e. The van der Waals surface area contributed by atoms with Crippen LogP contribution in [0, 0.1) is 17.8 Å². The molecule has 1 aliphatic carbocycles. The fourth-order valence-electron chi connectivity index (χ4n) is 3.13. The second kappa shape index (κ2) is 5.10. The Kier molecular flexibility index (Phi) is 3.43. The van der Waals surface area contributed by atoms with Gasteiger partial charge in [-0.1, -0.05) is 37.6 Å². The molecule has 2 aliphatic rings. The van der Waals surface area contributed by atoms with Crippen molar-refractivity contribution in [3.05, 3.63) is 52.6 Å². The Bertz CT molecular complexity index is 596. The van der Waals surface area contributed by atoms with Gasteiger partial charge in [0.15, 0.2) is 0 Å². The van der Waals surface area contributed by atoms with E-state index in [0.717, 1.165) is 17.6 Å². The van der Waals surface area contributed by atoms with Gasteiger partial charge >= 0.3 is 5.97 Å². The van der Waals surface area contributed by atoms with E-state index < -0.39 is 0 Å². The van der Waals surface area contributed by atoms with E-state index in [2.05, 4.69) is 26.0 Å². The lowest BCUT2D eigenvalue weighted by molar-refractivity contribution is -0.145. The number of allylic oxidation sites excluding steroid dienone is 3. The molecule has 0 aromatic heterocycles. The number of hydrogen-bond acceptors (Lipinski definition) is 2. The lowest BCUT2D eigenvalue weighted by Gasteiger charge is -2.32. The summed E-state index contributed by atoms with van der Waals surface area (Å²) in [7, 11) is 0. The maximum atomic E-state index is 12.3. The number of ether oxygens (including phenoxy) is 1. The first kappa shape index (κ1) is 13.4. The number of carbonyl (C=O) groups is 1. The lowest BCUT2D eigenvalue weighted by atomic mass is 9.77. The number of carbonyl (C=O) groups excluding carboxylic acids is 1. The minimum absolute atomic E-state index is 0.0453. The van der Waals surface area contributed by atoms with E-state index in [9.17, 15) is 4.79 Å². The highest BCUT2D eigenvalue weighted by Gasteiger charge is 2.41. The van der Waals surface area contributed by atoms with E-state index in [-0.39, 0.29) is 23.7 Å². The van der Waals surface area contributed by atoms with Crippen LogP contribution in [0.5, 0.6) is 0 Å². The highest BCUT2D eigenvalue weighted by atomic mass is 35.5. The van der Waals surface area contributed by atoms with Gasteiger partial charge in [0.25, 0.3) is 0 Å². The van der Waals surface area contributed by atoms with Gasteiger partial charge in [0, 0.05) is 16.5 Å². The molecule has 1 aromatic rings. The summed E-state index contributed by atoms with van der Waals surface area (Å²) in [6.07, 6.45) is 5.15. The molecule has 0 fully saturated rings. The standard InChI is InChI=1S/C17H17ClO2/c1-10(2)15-13-4-3-5-14(13)16(20-17(15)19)11-6-8-12(18)9-7-11/h3,5-10,13,15H,4H2,1-2H3. The van der Waals surface area contributed by atoms with Crippen molar-refractivity contribution >= 4 is 23.3 Å². The van der Waals surface area contributed by atoms with Crippen molar-refractivity contribution in [2.75, 3.05) is 0 Å². The molecule has 2 nitrogen and oxygen atoms in total. The third-order valence-corrected chi connectivity index (χ3v) is 4.33. The molecule has 1 aliphatic heterocycles. The van der Waals surface area contributed by atoms with E-state index >= 15 is 0 Å². The molecule has 2 atom stereocenters. The SMILES string of the molecule is CC(C)C1C(=O)OC(c2ccc(Cl)cc2)=C2C=CCC21. The van der Waals surface area contributed by atoms with Crippen LogP contribution in [0.2, 0.25) is 5.02 Å². The average molecular weight is 289 g/mol. The van der Waals surface area contributed by atoms with E-state index in [4.69, 9.17) is 16.3 Å². The van der Waals surface area contributed by atoms with Crippen LogP contribution in [0.25, 0.3) is 5.76 Å². The Hall–Kier alpha value is -1.54. The van der Waals surface area contributed by atoms with Gasteiger partial charge in [-0.15, -0.1) is 0 Å². The summed E-state index contributed by atoms with van der Waals surface area (Å²) >= 11 is 5.92. The lowest BCUT2D eigenvalue weighted by Crippen LogP contribution is -2.34. The van der Waals surface area contributed by atoms with Crippen LogP contribution in [0.3, 0.4) is 0 Å². The predicted octanol–water partition coefficient (Wildman–Crippen LogP) is 4.46. The number of cyclic esters (lactones) is 1. The summed E-state index contributed by atoms with van der Waals surface area (Å²) in [6, 6.07) is 7.44. The highest BCUT2D eigenvalue weighted by molar-refractivity contribution is 6.30. The molecule has 2 unspecified atom stereocenters. The summed E-state index contributed by atoms with van der Waals surface area (Å²) in [5, 5.41) is 0.681. The Morgan fingerprint density at radius 3 is 2.60 bits per heavy atom. The highest BCUT2D eigenvalue weighted by Crippen LogP contribution is 2.44. The van der Waals surface area contributed by atoms with Crippen molar-refractivity contribution in [2.24, 2.45) is 17.8 Å². The zero-order valence-electron chi connectivity index (χ0n) is 11.6. The number of benzene rings is 1. The molecule has 20 heavy (non-hydrogen) atoms. The number of rotatable bonds is 2. The van der Waals surface area contributed by atoms with Crippen molar-refractivity contribution in [3.8, 4) is 0 Å². The number of fused-ring (bicyclic) bond motifs is 1. The molecule has 0 N–H and O–H groups in total. The van der Waals surface area contributed by atoms with Gasteiger partial charge in [-0.2, -0.15) is 0 Å². The van der Waals surface area contributed by atoms with Crippen LogP contribution in [0.1, 0.15) is 25.8 Å². The molecule has 0 amide bonds. The monoisotopic (exact) mass is 288 g/mol. The number of esters is 1. The first-order valence-corrected chi connectivity index (χ1v) is 7.34. The molecule has 0 radical (unpaired) electrons. The molecule has 3 rings (SSSR count). The summed E-state index contributed by atoms with van der Waals surface area (Å²) in [6.45, 7) is 4.16. The molecule has 0 bridgehead atoms. The van der Waals surface area contributed by atoms with Crippen molar-refractivity contribution in [1.82, 2.24) is 0 Å². The summed E-state index contributed by atoms with van der Waals surface area (Å²) in [4.78, 5) is 12.3. The molecule has 0 saturated heterocycles. The minimum atomic E-state index is -0.109. The molecule has 1 heterocycles. The van der Waals surface area contributed by atoms with Crippen LogP contribution < -0.4 is 0 Å². The zero-order chi connectivity index (χ0) is 14.3. The average Bonchev–Trinajstić information content (AvgIpc) is 2.87. The van der Waals surface area contributed by atoms with Crippen molar-refractivity contribution in [3.63, 3.8) is 0 Å². The molecule has 104 valence electrons. The molecule has 1 aromatic carbocycles. The smallest absolute Gasteiger partial charge is 0.315 e. The molecular formula is C17H17ClO2. The maximum Gasteiger partial charge on any atom is 0.315 e. The van der Waals surface area contributed by atoms with Gasteiger partial charge in [0.05, 0.1) is 5.92 Å². The van der Waals surface area contributed by atoms with E-state index in [1.165, 1.54) is 0 Å². The van der Waals surface area contributed by atoms with E-state index in [0.29, 0.717) is 10.8 Å². The first-order valence-electron chi connectivity index (χ1n) is 6.96. The molecular weight excluding hydrogens is 272 g/mol. The van der Waals surface area contributed by atoms with Gasteiger partial charge in [-0.25, -0.2) is 0 Å². The van der Waals surface area contributed by atoms with E-state index in [1.807, 2.05) is 24.3 Å². The van der Waals surface area contributed by atoms with E-state index in [1.54, 1.807) is 0 Å². The topological polar surface area (TPSA) is 26.3 Å². The Balaban J connectivity index is 2.06. The first-order chi connectivity index (χ1) is 9.58. The third-order valence-electron chi connectivity index (χ3n) is 4.08. The van der Waals surface area contributed by atoms with Crippen LogP contribution in [-0.4, -0.2) is 5.97 Å². The zero-order valence-corrected chi connectivity index (χ0v) is 12.4. The normalized spacial score (nSPS) is 25.1. The van der Waals surface area contributed by atoms with Gasteiger partial charge in [-0.05, 0) is 42.2 Å². The van der Waals surface area contributed by atoms with Crippen LogP contribution in [0.4, 0.5) is 0 Å². The molecule has 3 heteroatoms. The second-order valence-corrected chi connectivity index (χ2v) is 6.16. The summed E-state index contributed by atoms with van der Waals surface area (Å²) in [5.41, 5.74) is 2.06. The van der Waals surface area contributed by atoms with Crippen LogP contribution >= 0.6 is 11.6 Å². The van der Waals surface area contributed by atoms with Gasteiger partial charge < -0.3 is 4.74 Å². The second-order valence-electron chi connectivity index (χ2n) is 5.73. The van der Waals surface area contributed by atoms with Crippen LogP contribution in [-0.2, 0) is 9.53 Å². The van der Waals surface area contributed by atoms with Crippen molar-refractivity contribution in [2.45, 2.75) is 20.3 Å². The maximum absolute atomic E-state index is 12.3. The number of hydrogen-bond donors (Lipinski definition) is 0. The fraction of sp³-hybridized carbons (Fsp3) is 0.353. The van der Waals surface area contributed by atoms with Gasteiger partial charge in [0.1, 0.15) is 5.76 Å². The van der Waals surface area contributed by atoms with Crippen LogP contribution in [0.15, 0.2) is 42.0 Å².